The van der Waals surface area contributed by atoms with E-state index in [1.165, 1.54) is 14.2 Å². The van der Waals surface area contributed by atoms with E-state index >= 15 is 0 Å². The number of ether oxygens (including phenoxy) is 2. The molecule has 0 atom stereocenters. The van der Waals surface area contributed by atoms with Crippen molar-refractivity contribution in [3.63, 3.8) is 0 Å². The second kappa shape index (κ2) is 9.81. The van der Waals surface area contributed by atoms with Crippen molar-refractivity contribution in [2.45, 2.75) is 13.1 Å². The van der Waals surface area contributed by atoms with Gasteiger partial charge in [-0.05, 0) is 23.8 Å². The molecule has 0 saturated carbocycles. The van der Waals surface area contributed by atoms with Crippen LogP contribution in [0.5, 0.6) is 11.5 Å². The fourth-order valence-corrected chi connectivity index (χ4v) is 2.95. The van der Waals surface area contributed by atoms with Crippen LogP contribution in [0.25, 0.3) is 0 Å². The highest BCUT2D eigenvalue weighted by Crippen LogP contribution is 2.29. The summed E-state index contributed by atoms with van der Waals surface area (Å²) in [4.78, 5) is 24.8. The third-order valence-electron chi connectivity index (χ3n) is 4.35. The maximum atomic E-state index is 12.4. The molecule has 0 bridgehead atoms. The molecule has 0 saturated heterocycles. The van der Waals surface area contributed by atoms with Gasteiger partial charge in [0.1, 0.15) is 6.54 Å². The lowest BCUT2D eigenvalue weighted by atomic mass is 10.2. The van der Waals surface area contributed by atoms with E-state index in [2.05, 4.69) is 20.9 Å². The maximum Gasteiger partial charge on any atom is 0.275 e. The number of aromatic nitrogens is 3. The first-order valence-corrected chi connectivity index (χ1v) is 9.53. The van der Waals surface area contributed by atoms with Crippen molar-refractivity contribution in [2.24, 2.45) is 0 Å². The fourth-order valence-electron chi connectivity index (χ4n) is 2.75. The molecule has 1 heterocycles. The molecule has 2 amide bonds. The number of benzene rings is 2. The minimum Gasteiger partial charge on any atom is -0.493 e. The molecular weight excluding hydrogens is 424 g/mol. The Bertz CT molecular complexity index is 1100. The zero-order chi connectivity index (χ0) is 22.4. The lowest BCUT2D eigenvalue weighted by Gasteiger charge is -2.11. The van der Waals surface area contributed by atoms with Crippen molar-refractivity contribution < 1.29 is 19.1 Å². The van der Waals surface area contributed by atoms with Crippen LogP contribution in [0.15, 0.2) is 42.5 Å². The average Bonchev–Trinajstić information content (AvgIpc) is 3.12. The molecule has 0 fully saturated rings. The number of nitrogen functional groups attached to an aromatic ring is 1. The van der Waals surface area contributed by atoms with Crippen molar-refractivity contribution in [3.05, 3.63) is 58.7 Å². The Labute approximate surface area is 183 Å². The smallest absolute Gasteiger partial charge is 0.275 e. The van der Waals surface area contributed by atoms with E-state index in [0.717, 1.165) is 10.2 Å². The molecule has 0 radical (unpaired) electrons. The summed E-state index contributed by atoms with van der Waals surface area (Å²) < 4.78 is 11.5. The van der Waals surface area contributed by atoms with Crippen LogP contribution < -0.4 is 25.8 Å². The van der Waals surface area contributed by atoms with Crippen LogP contribution in [0.1, 0.15) is 16.1 Å². The fraction of sp³-hybridized carbons (Fsp3) is 0.200. The molecule has 162 valence electrons. The number of carbonyl (C=O) groups is 2. The number of methoxy groups -OCH3 is 2. The van der Waals surface area contributed by atoms with Gasteiger partial charge in [0.25, 0.3) is 5.91 Å². The van der Waals surface area contributed by atoms with Gasteiger partial charge in [0, 0.05) is 23.3 Å². The van der Waals surface area contributed by atoms with E-state index in [1.807, 2.05) is 6.07 Å². The largest absolute Gasteiger partial charge is 0.493 e. The number of halogens is 1. The quantitative estimate of drug-likeness (QED) is 0.484. The van der Waals surface area contributed by atoms with Crippen LogP contribution in [-0.2, 0) is 17.9 Å². The molecule has 2 aromatic carbocycles. The molecular formula is C20H21ClN6O4. The lowest BCUT2D eigenvalue weighted by molar-refractivity contribution is -0.116. The minimum atomic E-state index is -0.524. The Kier molecular flexibility index (Phi) is 6.93. The maximum absolute atomic E-state index is 12.4. The molecule has 0 unspecified atom stereocenters. The van der Waals surface area contributed by atoms with Crippen LogP contribution in [0.3, 0.4) is 0 Å². The predicted molar refractivity (Wildman–Crippen MR) is 115 cm³/mol. The summed E-state index contributed by atoms with van der Waals surface area (Å²) in [6, 6.07) is 12.1. The number of amides is 2. The van der Waals surface area contributed by atoms with E-state index < -0.39 is 11.8 Å². The number of anilines is 2. The Morgan fingerprint density at radius 1 is 1.13 bits per heavy atom. The molecule has 4 N–H and O–H groups in total. The van der Waals surface area contributed by atoms with Crippen molar-refractivity contribution in [1.82, 2.24) is 20.3 Å². The summed E-state index contributed by atoms with van der Waals surface area (Å²) in [5.74, 6) is 0.0430. The zero-order valence-electron chi connectivity index (χ0n) is 16.9. The number of hydrogen-bond acceptors (Lipinski definition) is 7. The van der Waals surface area contributed by atoms with Gasteiger partial charge in [-0.2, -0.15) is 0 Å². The summed E-state index contributed by atoms with van der Waals surface area (Å²) in [6.45, 7) is -0.0322. The van der Waals surface area contributed by atoms with Crippen molar-refractivity contribution in [3.8, 4) is 11.5 Å². The summed E-state index contributed by atoms with van der Waals surface area (Å²) in [6.07, 6.45) is 0. The van der Waals surface area contributed by atoms with Crippen LogP contribution in [-0.4, -0.2) is 41.0 Å². The normalized spacial score (nSPS) is 10.4. The molecule has 3 rings (SSSR count). The van der Waals surface area contributed by atoms with Gasteiger partial charge < -0.3 is 25.8 Å². The topological polar surface area (TPSA) is 133 Å². The Morgan fingerprint density at radius 2 is 1.87 bits per heavy atom. The molecule has 1 aromatic heterocycles. The Hall–Kier alpha value is -3.79. The summed E-state index contributed by atoms with van der Waals surface area (Å²) >= 11 is 6.08. The van der Waals surface area contributed by atoms with Crippen molar-refractivity contribution in [2.75, 3.05) is 25.3 Å². The molecule has 3 aromatic rings. The molecule has 0 aliphatic rings. The van der Waals surface area contributed by atoms with E-state index in [1.54, 1.807) is 36.4 Å². The van der Waals surface area contributed by atoms with Crippen LogP contribution in [0, 0.1) is 0 Å². The van der Waals surface area contributed by atoms with E-state index in [0.29, 0.717) is 22.2 Å². The van der Waals surface area contributed by atoms with Gasteiger partial charge >= 0.3 is 0 Å². The molecule has 10 nitrogen and oxygen atoms in total. The van der Waals surface area contributed by atoms with Gasteiger partial charge in [0.05, 0.1) is 14.2 Å². The van der Waals surface area contributed by atoms with Crippen molar-refractivity contribution in [1.29, 1.82) is 0 Å². The van der Waals surface area contributed by atoms with Crippen LogP contribution >= 0.6 is 11.6 Å². The highest BCUT2D eigenvalue weighted by atomic mass is 35.5. The number of hydrogen-bond donors (Lipinski definition) is 3. The number of nitrogens with two attached hydrogens (primary N) is 1. The molecule has 0 spiro atoms. The highest BCUT2D eigenvalue weighted by Gasteiger charge is 2.19. The second-order valence-corrected chi connectivity index (χ2v) is 6.78. The second-order valence-electron chi connectivity index (χ2n) is 6.37. The van der Waals surface area contributed by atoms with Gasteiger partial charge in [-0.15, -0.1) is 5.10 Å². The first kappa shape index (κ1) is 21.9. The van der Waals surface area contributed by atoms with Crippen LogP contribution in [0.4, 0.5) is 11.5 Å². The molecule has 0 aliphatic heterocycles. The summed E-state index contributed by atoms with van der Waals surface area (Å²) in [5, 5.41) is 13.5. The number of carbonyl (C=O) groups excluding carboxylic acids is 2. The van der Waals surface area contributed by atoms with Crippen molar-refractivity contribution >= 4 is 34.9 Å². The lowest BCUT2D eigenvalue weighted by Crippen LogP contribution is -2.25. The summed E-state index contributed by atoms with van der Waals surface area (Å²) in [5.41, 5.74) is 7.13. The van der Waals surface area contributed by atoms with Gasteiger partial charge in [-0.1, -0.05) is 35.0 Å². The zero-order valence-corrected chi connectivity index (χ0v) is 17.6. The van der Waals surface area contributed by atoms with Gasteiger partial charge in [-0.25, -0.2) is 4.68 Å². The van der Waals surface area contributed by atoms with Gasteiger partial charge in [0.15, 0.2) is 23.0 Å². The minimum absolute atomic E-state index is 0.0286. The first-order chi connectivity index (χ1) is 14.9. The summed E-state index contributed by atoms with van der Waals surface area (Å²) in [7, 11) is 3.02. The highest BCUT2D eigenvalue weighted by molar-refractivity contribution is 6.31. The van der Waals surface area contributed by atoms with E-state index in [-0.39, 0.29) is 24.6 Å². The molecule has 31 heavy (non-hydrogen) atoms. The van der Waals surface area contributed by atoms with Gasteiger partial charge in [-0.3, -0.25) is 9.59 Å². The number of nitrogens with one attached hydrogen (secondary N) is 2. The third-order valence-corrected chi connectivity index (χ3v) is 4.72. The van der Waals surface area contributed by atoms with E-state index in [9.17, 15) is 9.59 Å². The van der Waals surface area contributed by atoms with Gasteiger partial charge in [0.2, 0.25) is 5.91 Å². The Morgan fingerprint density at radius 3 is 2.58 bits per heavy atom. The Balaban J connectivity index is 1.62. The standard InChI is InChI=1S/C20H21ClN6O4/c1-30-15-8-7-13(9-16(15)31-2)24-17(28)11-27-19(22)18(25-26-27)20(29)23-10-12-5-3-4-6-14(12)21/h3-9H,10-11,22H2,1-2H3,(H,23,29)(H,24,28). The van der Waals surface area contributed by atoms with E-state index in [4.69, 9.17) is 26.8 Å². The third kappa shape index (κ3) is 5.23. The molecule has 0 aliphatic carbocycles. The number of rotatable bonds is 8. The van der Waals surface area contributed by atoms with Crippen LogP contribution in [0.2, 0.25) is 5.02 Å². The SMILES string of the molecule is COc1ccc(NC(=O)Cn2nnc(C(=O)NCc3ccccc3Cl)c2N)cc1OC. The average molecular weight is 445 g/mol. The molecule has 11 heteroatoms. The monoisotopic (exact) mass is 444 g/mol. The predicted octanol–water partition coefficient (Wildman–Crippen LogP) is 2.10. The number of nitrogens with zero attached hydrogens (tertiary/aromatic N) is 3. The first-order valence-electron chi connectivity index (χ1n) is 9.15.